The molecule has 1 aliphatic rings. The molecule has 0 amide bonds. The van der Waals surface area contributed by atoms with Gasteiger partial charge in [0, 0.05) is 12.3 Å². The van der Waals surface area contributed by atoms with Crippen LogP contribution in [0.4, 0.5) is 0 Å². The summed E-state index contributed by atoms with van der Waals surface area (Å²) in [4.78, 5) is 0. The molecule has 1 N–H and O–H groups in total. The Bertz CT molecular complexity index is 19.2. The van der Waals surface area contributed by atoms with Crippen LogP contribution in [0.5, 0.6) is 0 Å². The average Bonchev–Trinajstić information content (AvgIpc) is 1.76. The van der Waals surface area contributed by atoms with Gasteiger partial charge < -0.3 is 0 Å². The minimum Gasteiger partial charge on any atom is -0.254 e. The molecule has 0 bridgehead atoms. The van der Waals surface area contributed by atoms with Crippen LogP contribution < -0.4 is 4.72 Å². The van der Waals surface area contributed by atoms with Crippen molar-refractivity contribution in [3.8, 4) is 0 Å². The molecule has 30 valence electrons. The van der Waals surface area contributed by atoms with Crippen molar-refractivity contribution in [2.24, 2.45) is 0 Å². The molecule has 0 aromatic heterocycles. The Morgan fingerprint density at radius 3 is 2.80 bits per heavy atom. The summed E-state index contributed by atoms with van der Waals surface area (Å²) in [7, 11) is 3.62. The van der Waals surface area contributed by atoms with Gasteiger partial charge in [-0.25, -0.2) is 0 Å². The van der Waals surface area contributed by atoms with E-state index < -0.39 is 0 Å². The summed E-state index contributed by atoms with van der Waals surface area (Å²) < 4.78 is 3.10. The minimum absolute atomic E-state index is 1.18. The second kappa shape index (κ2) is 1.95. The highest BCUT2D eigenvalue weighted by Crippen LogP contribution is 2.21. The lowest BCUT2D eigenvalue weighted by Gasteiger charge is -1.73. The summed E-state index contributed by atoms with van der Waals surface area (Å²) in [6.45, 7) is 1.18. The largest absolute Gasteiger partial charge is 0.254 e. The van der Waals surface area contributed by atoms with Gasteiger partial charge in [-0.2, -0.15) is 0 Å². The van der Waals surface area contributed by atoms with Gasteiger partial charge in [-0.1, -0.05) is 10.8 Å². The van der Waals surface area contributed by atoms with Gasteiger partial charge in [0.15, 0.2) is 0 Å². The maximum absolute atomic E-state index is 3.10. The molecule has 1 fully saturated rings. The lowest BCUT2D eigenvalue weighted by atomic mass is 10.8. The number of rotatable bonds is 0. The van der Waals surface area contributed by atoms with Crippen LogP contribution in [-0.2, 0) is 0 Å². The van der Waals surface area contributed by atoms with E-state index in [4.69, 9.17) is 0 Å². The fourth-order valence-corrected chi connectivity index (χ4v) is 1.87. The molecule has 3 heteroatoms. The molecule has 5 heavy (non-hydrogen) atoms. The highest BCUT2D eigenvalue weighted by molar-refractivity contribution is 8.76. The second-order valence-electron chi connectivity index (χ2n) is 0.800. The first kappa shape index (κ1) is 3.84. The van der Waals surface area contributed by atoms with E-state index in [1.54, 1.807) is 11.0 Å². The highest BCUT2D eigenvalue weighted by Gasteiger charge is 1.95. The molecule has 0 atom stereocenters. The van der Waals surface area contributed by atoms with E-state index in [-0.39, 0.29) is 0 Å². The molecule has 1 nitrogen and oxygen atoms in total. The maximum Gasteiger partial charge on any atom is 0.0184 e. The monoisotopic (exact) mass is 107 g/mol. The molecule has 0 unspecified atom stereocenters. The fourth-order valence-electron chi connectivity index (χ4n) is 0.208. The summed E-state index contributed by atoms with van der Waals surface area (Å²) in [5.74, 6) is 1.27. The third-order valence-corrected chi connectivity index (χ3v) is 2.42. The van der Waals surface area contributed by atoms with Crippen molar-refractivity contribution in [2.75, 3.05) is 12.3 Å². The van der Waals surface area contributed by atoms with Crippen molar-refractivity contribution in [1.82, 2.24) is 4.72 Å². The molecule has 1 saturated heterocycles. The zero-order chi connectivity index (χ0) is 3.54. The van der Waals surface area contributed by atoms with E-state index in [1.165, 1.54) is 12.3 Å². The van der Waals surface area contributed by atoms with Gasteiger partial charge in [-0.05, 0) is 11.0 Å². The zero-order valence-corrected chi connectivity index (χ0v) is 4.36. The van der Waals surface area contributed by atoms with Gasteiger partial charge in [0.1, 0.15) is 0 Å². The predicted molar refractivity (Wildman–Crippen MR) is 28.1 cm³/mol. The van der Waals surface area contributed by atoms with E-state index in [0.29, 0.717) is 0 Å². The molecule has 1 aliphatic heterocycles. The van der Waals surface area contributed by atoms with Gasteiger partial charge >= 0.3 is 0 Å². The van der Waals surface area contributed by atoms with Crippen LogP contribution in [0.15, 0.2) is 0 Å². The highest BCUT2D eigenvalue weighted by atomic mass is 33.1. The van der Waals surface area contributed by atoms with Crippen LogP contribution in [-0.4, -0.2) is 12.3 Å². The maximum atomic E-state index is 3.10. The van der Waals surface area contributed by atoms with E-state index in [2.05, 4.69) is 4.72 Å². The first-order chi connectivity index (χ1) is 2.50. The van der Waals surface area contributed by atoms with Gasteiger partial charge in [0.25, 0.3) is 0 Å². The first-order valence-corrected chi connectivity index (χ1v) is 3.83. The van der Waals surface area contributed by atoms with Gasteiger partial charge in [0.05, 0.1) is 0 Å². The normalized spacial score (nSPS) is 24.0. The Morgan fingerprint density at radius 1 is 1.60 bits per heavy atom. The Hall–Kier alpha value is 0.660. The topological polar surface area (TPSA) is 12.0 Å². The summed E-state index contributed by atoms with van der Waals surface area (Å²) in [5, 5.41) is 0. The smallest absolute Gasteiger partial charge is 0.0184 e. The molecule has 0 aromatic rings. The van der Waals surface area contributed by atoms with Crippen molar-refractivity contribution >= 4 is 21.8 Å². The standard InChI is InChI=1S/C2H5NS2/c1-2-4-5-3-1/h3H,1-2H2. The van der Waals surface area contributed by atoms with Crippen molar-refractivity contribution in [3.63, 3.8) is 0 Å². The van der Waals surface area contributed by atoms with Gasteiger partial charge in [-0.15, -0.1) is 0 Å². The summed E-state index contributed by atoms with van der Waals surface area (Å²) in [6, 6.07) is 0. The van der Waals surface area contributed by atoms with Crippen molar-refractivity contribution < 1.29 is 0 Å². The Morgan fingerprint density at radius 2 is 2.60 bits per heavy atom. The number of hydrogen-bond donors (Lipinski definition) is 1. The predicted octanol–water partition coefficient (Wildman–Crippen LogP) is 0.886. The molecule has 0 aromatic carbocycles. The lowest BCUT2D eigenvalue weighted by molar-refractivity contribution is 1.07. The molecule has 0 aliphatic carbocycles. The lowest BCUT2D eigenvalue weighted by Crippen LogP contribution is -1.95. The Kier molecular flexibility index (Phi) is 1.50. The van der Waals surface area contributed by atoms with Crippen molar-refractivity contribution in [1.29, 1.82) is 0 Å². The van der Waals surface area contributed by atoms with Crippen molar-refractivity contribution in [2.45, 2.75) is 0 Å². The molecular formula is C2H5NS2. The van der Waals surface area contributed by atoms with E-state index in [9.17, 15) is 0 Å². The number of nitrogens with one attached hydrogen (secondary N) is 1. The zero-order valence-electron chi connectivity index (χ0n) is 2.73. The third-order valence-electron chi connectivity index (χ3n) is 0.405. The van der Waals surface area contributed by atoms with Crippen LogP contribution in [0.2, 0.25) is 0 Å². The summed E-state index contributed by atoms with van der Waals surface area (Å²) in [6.07, 6.45) is 0. The third kappa shape index (κ3) is 1.03. The Balaban J connectivity index is 2.08. The summed E-state index contributed by atoms with van der Waals surface area (Å²) in [5.41, 5.74) is 0. The van der Waals surface area contributed by atoms with E-state index in [0.717, 1.165) is 0 Å². The second-order valence-corrected chi connectivity index (χ2v) is 3.11. The van der Waals surface area contributed by atoms with Gasteiger partial charge in [-0.3, -0.25) is 4.72 Å². The fraction of sp³-hybridized carbons (Fsp3) is 1.00. The van der Waals surface area contributed by atoms with Gasteiger partial charge in [0.2, 0.25) is 0 Å². The number of hydrogen-bond acceptors (Lipinski definition) is 3. The van der Waals surface area contributed by atoms with Crippen LogP contribution in [0.25, 0.3) is 0 Å². The molecule has 0 saturated carbocycles. The van der Waals surface area contributed by atoms with Crippen LogP contribution in [0.1, 0.15) is 0 Å². The minimum atomic E-state index is 1.18. The van der Waals surface area contributed by atoms with E-state index >= 15 is 0 Å². The molecule has 1 rings (SSSR count). The molecule has 1 heterocycles. The Labute approximate surface area is 39.4 Å². The average molecular weight is 107 g/mol. The summed E-state index contributed by atoms with van der Waals surface area (Å²) >= 11 is 0. The van der Waals surface area contributed by atoms with Crippen LogP contribution in [0.3, 0.4) is 0 Å². The van der Waals surface area contributed by atoms with Crippen LogP contribution in [0, 0.1) is 0 Å². The molecular weight excluding hydrogens is 102 g/mol. The van der Waals surface area contributed by atoms with Crippen molar-refractivity contribution in [3.05, 3.63) is 0 Å². The molecule has 0 spiro atoms. The quantitative estimate of drug-likeness (QED) is 0.364. The van der Waals surface area contributed by atoms with E-state index in [1.807, 2.05) is 10.8 Å². The first-order valence-electron chi connectivity index (χ1n) is 1.51. The molecule has 0 radical (unpaired) electrons. The van der Waals surface area contributed by atoms with Crippen LogP contribution >= 0.6 is 21.8 Å². The SMILES string of the molecule is C1CSSN1.